The molecule has 0 aliphatic rings. The van der Waals surface area contributed by atoms with E-state index in [4.69, 9.17) is 9.47 Å². The average molecular weight is 745 g/mol. The average Bonchev–Trinajstić information content (AvgIpc) is 3.11. The fraction of sp³-hybridized carbons (Fsp3) is 0.263. The molecule has 0 bridgehead atoms. The fourth-order valence-electron chi connectivity index (χ4n) is 4.64. The molecule has 0 saturated carbocycles. The van der Waals surface area contributed by atoms with E-state index in [1.807, 2.05) is 13.8 Å². The molecule has 0 fully saturated rings. The number of ether oxygens (including phenoxy) is 2. The molecule has 0 spiro atoms. The van der Waals surface area contributed by atoms with Crippen LogP contribution in [0, 0.1) is 13.8 Å². The summed E-state index contributed by atoms with van der Waals surface area (Å²) >= 11 is 0. The molecule has 0 heterocycles. The van der Waals surface area contributed by atoms with Crippen LogP contribution in [-0.4, -0.2) is 44.9 Å². The molecule has 14 nitrogen and oxygen atoms in total. The van der Waals surface area contributed by atoms with Gasteiger partial charge in [0.15, 0.2) is 0 Å². The van der Waals surface area contributed by atoms with Crippen molar-refractivity contribution in [3.63, 3.8) is 0 Å². The van der Waals surface area contributed by atoms with Gasteiger partial charge in [-0.15, -0.1) is 0 Å². The van der Waals surface area contributed by atoms with E-state index < -0.39 is 34.1 Å². The van der Waals surface area contributed by atoms with Crippen LogP contribution < -0.4 is 31.9 Å². The van der Waals surface area contributed by atoms with Crippen LogP contribution in [0.3, 0.4) is 0 Å². The fourth-order valence-corrected chi connectivity index (χ4v) is 5.90. The molecule has 2 unspecified atom stereocenters. The number of nitrogens with one attached hydrogen (secondary N) is 6. The van der Waals surface area contributed by atoms with Gasteiger partial charge in [0.05, 0.1) is 9.79 Å². The zero-order chi connectivity index (χ0) is 38.7. The summed E-state index contributed by atoms with van der Waals surface area (Å²) in [5.74, 6) is 0. The molecule has 53 heavy (non-hydrogen) atoms. The van der Waals surface area contributed by atoms with Crippen LogP contribution in [0.5, 0.6) is 0 Å². The zero-order valence-electron chi connectivity index (χ0n) is 30.3. The van der Waals surface area contributed by atoms with Crippen LogP contribution in [-0.2, 0) is 19.3 Å². The maximum atomic E-state index is 13.3. The second-order valence-electron chi connectivity index (χ2n) is 12.3. The molecule has 4 aromatic rings. The molecule has 0 aliphatic heterocycles. The SMILES string of the molecule is CCC(C)OC(=O)Nc1ccc(C)c(NC(=O)Nc2ccc(S(=O)(=O)c3ccc(NC(=O)Nc4cc(NC(=O)OC(C)CC)ccc4C)cc3)cc2)c1. The quantitative estimate of drug-likeness (QED) is 0.0827. The number of hydrogen-bond donors (Lipinski definition) is 6. The molecular weight excluding hydrogens is 701 g/mol. The Hall–Kier alpha value is -6.09. The van der Waals surface area contributed by atoms with Gasteiger partial charge in [-0.1, -0.05) is 26.0 Å². The van der Waals surface area contributed by atoms with E-state index in [-0.39, 0.29) is 22.0 Å². The van der Waals surface area contributed by atoms with E-state index in [0.717, 1.165) is 11.1 Å². The van der Waals surface area contributed by atoms with Crippen molar-refractivity contribution in [3.05, 3.63) is 96.1 Å². The summed E-state index contributed by atoms with van der Waals surface area (Å²) in [4.78, 5) is 49.7. The lowest BCUT2D eigenvalue weighted by Crippen LogP contribution is -2.21. The maximum absolute atomic E-state index is 13.3. The maximum Gasteiger partial charge on any atom is 0.411 e. The molecular formula is C38H44N6O8S. The third-order valence-corrected chi connectivity index (χ3v) is 9.86. The van der Waals surface area contributed by atoms with Gasteiger partial charge in [-0.3, -0.25) is 10.6 Å². The minimum Gasteiger partial charge on any atom is -0.446 e. The van der Waals surface area contributed by atoms with Crippen molar-refractivity contribution in [1.29, 1.82) is 0 Å². The molecule has 6 amide bonds. The Morgan fingerprint density at radius 2 is 0.868 bits per heavy atom. The lowest BCUT2D eigenvalue weighted by Gasteiger charge is -2.14. The molecule has 2 atom stereocenters. The first-order valence-electron chi connectivity index (χ1n) is 16.9. The van der Waals surface area contributed by atoms with Crippen LogP contribution in [0.4, 0.5) is 53.3 Å². The molecule has 0 aliphatic carbocycles. The Morgan fingerprint density at radius 3 is 1.21 bits per heavy atom. The Morgan fingerprint density at radius 1 is 0.528 bits per heavy atom. The molecule has 15 heteroatoms. The van der Waals surface area contributed by atoms with Crippen molar-refractivity contribution in [2.45, 2.75) is 76.4 Å². The van der Waals surface area contributed by atoms with Crippen molar-refractivity contribution in [3.8, 4) is 0 Å². The van der Waals surface area contributed by atoms with Gasteiger partial charge in [0.25, 0.3) is 0 Å². The largest absolute Gasteiger partial charge is 0.446 e. The smallest absolute Gasteiger partial charge is 0.411 e. The zero-order valence-corrected chi connectivity index (χ0v) is 31.1. The lowest BCUT2D eigenvalue weighted by atomic mass is 10.2. The van der Waals surface area contributed by atoms with Crippen LogP contribution >= 0.6 is 0 Å². The number of anilines is 6. The summed E-state index contributed by atoms with van der Waals surface area (Å²) in [7, 11) is -3.93. The Balaban J connectivity index is 1.33. The first-order chi connectivity index (χ1) is 25.2. The second kappa shape index (κ2) is 17.9. The van der Waals surface area contributed by atoms with Crippen molar-refractivity contribution in [1.82, 2.24) is 0 Å². The van der Waals surface area contributed by atoms with Gasteiger partial charge >= 0.3 is 24.2 Å². The van der Waals surface area contributed by atoms with Crippen molar-refractivity contribution >= 4 is 68.2 Å². The Bertz CT molecular complexity index is 1910. The van der Waals surface area contributed by atoms with E-state index in [0.29, 0.717) is 47.0 Å². The topological polar surface area (TPSA) is 193 Å². The van der Waals surface area contributed by atoms with Gasteiger partial charge < -0.3 is 30.7 Å². The minimum absolute atomic E-state index is 0.00203. The van der Waals surface area contributed by atoms with Crippen molar-refractivity contribution < 1.29 is 37.1 Å². The standard InChI is InChI=1S/C38H44N6O8S/c1-7-25(5)51-37(47)41-29-11-9-23(3)33(21-29)43-35(45)39-27-13-17-31(18-14-27)53(49,50)32-19-15-28(16-20-32)40-36(46)44-34-22-30(12-10-24(34)4)42-38(48)52-26(6)8-2/h9-22,25-26H,7-8H2,1-6H3,(H,41,47)(H,42,48)(H2,39,43,45)(H2,40,44,46). The molecule has 0 saturated heterocycles. The first kappa shape index (κ1) is 39.7. The highest BCUT2D eigenvalue weighted by Crippen LogP contribution is 2.26. The summed E-state index contributed by atoms with van der Waals surface area (Å²) in [6, 6.07) is 20.3. The molecule has 4 aromatic carbocycles. The summed E-state index contributed by atoms with van der Waals surface area (Å²) < 4.78 is 37.2. The molecule has 4 rings (SSSR count). The van der Waals surface area contributed by atoms with Crippen LogP contribution in [0.25, 0.3) is 0 Å². The number of rotatable bonds is 12. The highest BCUT2D eigenvalue weighted by atomic mass is 32.2. The third kappa shape index (κ3) is 11.5. The number of benzene rings is 4. The predicted octanol–water partition coefficient (Wildman–Crippen LogP) is 9.12. The number of hydrogen-bond acceptors (Lipinski definition) is 8. The Kier molecular flexibility index (Phi) is 13.4. The van der Waals surface area contributed by atoms with Gasteiger partial charge in [0, 0.05) is 34.1 Å². The summed E-state index contributed by atoms with van der Waals surface area (Å²) in [5.41, 5.74) is 3.98. The molecule has 6 N–H and O–H groups in total. The monoisotopic (exact) mass is 744 g/mol. The highest BCUT2D eigenvalue weighted by molar-refractivity contribution is 7.91. The third-order valence-electron chi connectivity index (χ3n) is 8.08. The van der Waals surface area contributed by atoms with E-state index in [1.54, 1.807) is 64.1 Å². The number of amides is 6. The van der Waals surface area contributed by atoms with Gasteiger partial charge in [-0.2, -0.15) is 0 Å². The van der Waals surface area contributed by atoms with E-state index in [9.17, 15) is 27.6 Å². The number of aryl methyl sites for hydroxylation is 2. The van der Waals surface area contributed by atoms with E-state index in [2.05, 4.69) is 31.9 Å². The molecule has 280 valence electrons. The summed E-state index contributed by atoms with van der Waals surface area (Å²) in [5, 5.41) is 16.1. The number of sulfone groups is 1. The van der Waals surface area contributed by atoms with Gasteiger partial charge in [0.1, 0.15) is 12.2 Å². The van der Waals surface area contributed by atoms with Gasteiger partial charge in [-0.05, 0) is 124 Å². The van der Waals surface area contributed by atoms with Gasteiger partial charge in [-0.25, -0.2) is 27.6 Å². The van der Waals surface area contributed by atoms with E-state index >= 15 is 0 Å². The Labute approximate surface area is 309 Å². The second-order valence-corrected chi connectivity index (χ2v) is 14.2. The van der Waals surface area contributed by atoms with Gasteiger partial charge in [0.2, 0.25) is 9.84 Å². The number of urea groups is 2. The number of carbonyl (C=O) groups is 4. The van der Waals surface area contributed by atoms with Crippen LogP contribution in [0.2, 0.25) is 0 Å². The highest BCUT2D eigenvalue weighted by Gasteiger charge is 2.19. The number of carbonyl (C=O) groups excluding carboxylic acids is 4. The lowest BCUT2D eigenvalue weighted by molar-refractivity contribution is 0.117. The van der Waals surface area contributed by atoms with Crippen molar-refractivity contribution in [2.75, 3.05) is 31.9 Å². The minimum atomic E-state index is -3.93. The molecule has 0 radical (unpaired) electrons. The van der Waals surface area contributed by atoms with Crippen molar-refractivity contribution in [2.24, 2.45) is 0 Å². The van der Waals surface area contributed by atoms with Crippen LogP contribution in [0.15, 0.2) is 94.7 Å². The summed E-state index contributed by atoms with van der Waals surface area (Å²) in [6.45, 7) is 11.0. The predicted molar refractivity (Wildman–Crippen MR) is 206 cm³/mol. The van der Waals surface area contributed by atoms with E-state index in [1.165, 1.54) is 48.5 Å². The summed E-state index contributed by atoms with van der Waals surface area (Å²) in [6.07, 6.45) is -0.343. The molecule has 0 aromatic heterocycles. The normalized spacial score (nSPS) is 12.0. The first-order valence-corrected chi connectivity index (χ1v) is 18.4. The van der Waals surface area contributed by atoms with Crippen LogP contribution in [0.1, 0.15) is 51.7 Å².